The summed E-state index contributed by atoms with van der Waals surface area (Å²) in [5.74, 6) is 0.579. The van der Waals surface area contributed by atoms with Gasteiger partial charge in [0, 0.05) is 24.0 Å². The molecular weight excluding hydrogens is 424 g/mol. The summed E-state index contributed by atoms with van der Waals surface area (Å²) in [4.78, 5) is 13.5. The van der Waals surface area contributed by atoms with Gasteiger partial charge in [-0.15, -0.1) is 0 Å². The van der Waals surface area contributed by atoms with Crippen molar-refractivity contribution in [3.8, 4) is 11.8 Å². The maximum absolute atomic E-state index is 13.5. The summed E-state index contributed by atoms with van der Waals surface area (Å²) in [5, 5.41) is 12.0. The molecule has 1 unspecified atom stereocenters. The van der Waals surface area contributed by atoms with E-state index in [-0.39, 0.29) is 22.7 Å². The second-order valence-electron chi connectivity index (χ2n) is 9.68. The predicted octanol–water partition coefficient (Wildman–Crippen LogP) is 5.87. The number of rotatable bonds is 4. The van der Waals surface area contributed by atoms with Crippen LogP contribution >= 0.6 is 0 Å². The van der Waals surface area contributed by atoms with Crippen LogP contribution in [-0.4, -0.2) is 5.78 Å². The van der Waals surface area contributed by atoms with Crippen molar-refractivity contribution in [1.29, 1.82) is 5.26 Å². The van der Waals surface area contributed by atoms with Gasteiger partial charge in [0.2, 0.25) is 5.88 Å². The van der Waals surface area contributed by atoms with Crippen LogP contribution in [-0.2, 0) is 16.1 Å². The summed E-state index contributed by atoms with van der Waals surface area (Å²) in [6.45, 7) is 4.45. The summed E-state index contributed by atoms with van der Waals surface area (Å²) < 4.78 is 12.2. The van der Waals surface area contributed by atoms with Crippen molar-refractivity contribution in [2.75, 3.05) is 0 Å². The summed E-state index contributed by atoms with van der Waals surface area (Å²) in [5.41, 5.74) is 8.59. The zero-order valence-electron chi connectivity index (χ0n) is 19.3. The first-order valence-corrected chi connectivity index (χ1v) is 11.4. The van der Waals surface area contributed by atoms with Crippen LogP contribution in [0.5, 0.6) is 5.75 Å². The fraction of sp³-hybridized carbons (Fsp3) is 0.241. The van der Waals surface area contributed by atoms with Gasteiger partial charge in [0.05, 0.1) is 5.92 Å². The molecule has 0 spiro atoms. The molecule has 1 heterocycles. The van der Waals surface area contributed by atoms with E-state index in [0.717, 1.165) is 21.9 Å². The third-order valence-corrected chi connectivity index (χ3v) is 6.53. The molecule has 0 aromatic heterocycles. The number of fused-ring (bicyclic) bond motifs is 1. The van der Waals surface area contributed by atoms with Gasteiger partial charge < -0.3 is 15.2 Å². The molecule has 0 saturated heterocycles. The Morgan fingerprint density at radius 2 is 1.79 bits per heavy atom. The lowest BCUT2D eigenvalue weighted by atomic mass is 9.69. The minimum atomic E-state index is -0.644. The second-order valence-corrected chi connectivity index (χ2v) is 9.68. The average Bonchev–Trinajstić information content (AvgIpc) is 2.81. The number of nitrogens with two attached hydrogens (primary N) is 1. The number of nitriles is 1. The molecule has 0 amide bonds. The number of ketones is 1. The number of hydrogen-bond donors (Lipinski definition) is 1. The van der Waals surface area contributed by atoms with Gasteiger partial charge in [-0.05, 0) is 27.8 Å². The van der Waals surface area contributed by atoms with Crippen molar-refractivity contribution in [3.63, 3.8) is 0 Å². The number of carbonyl (C=O) groups excluding carboxylic acids is 1. The molecule has 2 N–H and O–H groups in total. The van der Waals surface area contributed by atoms with Crippen LogP contribution in [0.4, 0.5) is 0 Å². The molecule has 5 nitrogen and oxygen atoms in total. The zero-order valence-corrected chi connectivity index (χ0v) is 19.3. The van der Waals surface area contributed by atoms with Crippen LogP contribution in [0, 0.1) is 16.7 Å². The fourth-order valence-electron chi connectivity index (χ4n) is 5.01. The van der Waals surface area contributed by atoms with Crippen molar-refractivity contribution in [2.45, 2.75) is 39.2 Å². The number of nitrogens with zero attached hydrogens (tertiary/aromatic N) is 1. The summed E-state index contributed by atoms with van der Waals surface area (Å²) >= 11 is 0. The molecule has 3 aromatic carbocycles. The van der Waals surface area contributed by atoms with Crippen LogP contribution in [0.15, 0.2) is 89.5 Å². The Labute approximate surface area is 199 Å². The number of hydrogen-bond acceptors (Lipinski definition) is 5. The molecule has 2 aliphatic rings. The van der Waals surface area contributed by atoms with E-state index in [9.17, 15) is 10.1 Å². The van der Waals surface area contributed by atoms with Crippen LogP contribution in [0.1, 0.15) is 43.7 Å². The second kappa shape index (κ2) is 8.39. The van der Waals surface area contributed by atoms with Crippen molar-refractivity contribution in [1.82, 2.24) is 0 Å². The first-order valence-electron chi connectivity index (χ1n) is 11.4. The normalized spacial score (nSPS) is 19.4. The quantitative estimate of drug-likeness (QED) is 0.537. The smallest absolute Gasteiger partial charge is 0.205 e. The fourth-order valence-corrected chi connectivity index (χ4v) is 5.01. The van der Waals surface area contributed by atoms with Gasteiger partial charge in [-0.25, -0.2) is 0 Å². The minimum absolute atomic E-state index is 0.0153. The van der Waals surface area contributed by atoms with E-state index < -0.39 is 5.92 Å². The molecule has 5 rings (SSSR count). The van der Waals surface area contributed by atoms with Crippen molar-refractivity contribution < 1.29 is 14.3 Å². The molecule has 0 bridgehead atoms. The van der Waals surface area contributed by atoms with Gasteiger partial charge in [-0.2, -0.15) is 5.26 Å². The van der Waals surface area contributed by atoms with E-state index in [1.54, 1.807) is 0 Å². The monoisotopic (exact) mass is 450 g/mol. The highest BCUT2D eigenvalue weighted by Gasteiger charge is 2.44. The van der Waals surface area contributed by atoms with E-state index in [1.165, 1.54) is 0 Å². The summed E-state index contributed by atoms with van der Waals surface area (Å²) in [7, 11) is 0. The Balaban J connectivity index is 1.72. The molecule has 3 aromatic rings. The number of ether oxygens (including phenoxy) is 2. The van der Waals surface area contributed by atoms with E-state index >= 15 is 0 Å². The van der Waals surface area contributed by atoms with E-state index in [1.807, 2.05) is 80.6 Å². The molecule has 1 aliphatic carbocycles. The lowest BCUT2D eigenvalue weighted by Gasteiger charge is -2.37. The highest BCUT2D eigenvalue weighted by molar-refractivity contribution is 6.02. The lowest BCUT2D eigenvalue weighted by Crippen LogP contribution is -2.33. The van der Waals surface area contributed by atoms with Crippen LogP contribution in [0.25, 0.3) is 10.8 Å². The van der Waals surface area contributed by atoms with Crippen LogP contribution < -0.4 is 10.5 Å². The zero-order chi connectivity index (χ0) is 23.9. The molecule has 5 heteroatoms. The van der Waals surface area contributed by atoms with E-state index in [2.05, 4.69) is 6.07 Å². The molecule has 1 aliphatic heterocycles. The van der Waals surface area contributed by atoms with Gasteiger partial charge >= 0.3 is 0 Å². The maximum atomic E-state index is 13.5. The van der Waals surface area contributed by atoms with Crippen LogP contribution in [0.2, 0.25) is 0 Å². The molecule has 170 valence electrons. The van der Waals surface area contributed by atoms with Crippen LogP contribution in [0.3, 0.4) is 0 Å². The summed E-state index contributed by atoms with van der Waals surface area (Å²) in [6, 6.07) is 24.0. The Morgan fingerprint density at radius 1 is 1.06 bits per heavy atom. The first-order chi connectivity index (χ1) is 16.4. The molecular formula is C29H26N2O3. The Kier molecular flexibility index (Phi) is 5.37. The van der Waals surface area contributed by atoms with Gasteiger partial charge in [0.15, 0.2) is 5.78 Å². The van der Waals surface area contributed by atoms with Gasteiger partial charge in [-0.1, -0.05) is 74.5 Å². The standard InChI is InChI=1S/C29H26N2O3/c1-29(2)14-22(32)27-24(15-29)34-28(31)21(16-30)26(27)25-20-11-7-6-10-19(20)12-13-23(25)33-17-18-8-4-3-5-9-18/h3-13,26H,14-15,17,31H2,1-2H3. The Morgan fingerprint density at radius 3 is 2.56 bits per heavy atom. The van der Waals surface area contributed by atoms with Gasteiger partial charge in [0.25, 0.3) is 0 Å². The number of benzene rings is 3. The Hall–Kier alpha value is -4.04. The summed E-state index contributed by atoms with van der Waals surface area (Å²) in [6.07, 6.45) is 0.963. The third-order valence-electron chi connectivity index (χ3n) is 6.53. The van der Waals surface area contributed by atoms with E-state index in [0.29, 0.717) is 36.5 Å². The number of allylic oxidation sites excluding steroid dienone is 3. The SMILES string of the molecule is CC1(C)CC(=O)C2=C(C1)OC(N)=C(C#N)C2c1c(OCc2ccccc2)ccc2ccccc12. The highest BCUT2D eigenvalue weighted by Crippen LogP contribution is 2.51. The predicted molar refractivity (Wildman–Crippen MR) is 130 cm³/mol. The Bertz CT molecular complexity index is 1390. The largest absolute Gasteiger partial charge is 0.489 e. The van der Waals surface area contributed by atoms with E-state index in [4.69, 9.17) is 15.2 Å². The van der Waals surface area contributed by atoms with Gasteiger partial charge in [0.1, 0.15) is 29.8 Å². The lowest BCUT2D eigenvalue weighted by molar-refractivity contribution is -0.119. The third kappa shape index (κ3) is 3.82. The molecule has 0 saturated carbocycles. The first kappa shape index (κ1) is 21.8. The van der Waals surface area contributed by atoms with Crippen molar-refractivity contribution >= 4 is 16.6 Å². The van der Waals surface area contributed by atoms with Gasteiger partial charge in [-0.3, -0.25) is 4.79 Å². The molecule has 1 atom stereocenters. The minimum Gasteiger partial charge on any atom is -0.489 e. The average molecular weight is 451 g/mol. The van der Waals surface area contributed by atoms with Crippen molar-refractivity contribution in [3.05, 3.63) is 101 Å². The number of Topliss-reactive ketones (excluding diaryl/α,β-unsaturated/α-hetero) is 1. The molecule has 34 heavy (non-hydrogen) atoms. The maximum Gasteiger partial charge on any atom is 0.205 e. The van der Waals surface area contributed by atoms with Crippen molar-refractivity contribution in [2.24, 2.45) is 11.1 Å². The molecule has 0 radical (unpaired) electrons. The molecule has 0 fully saturated rings. The highest BCUT2D eigenvalue weighted by atomic mass is 16.5. The topological polar surface area (TPSA) is 85.3 Å². The number of carbonyl (C=O) groups is 1.